The Morgan fingerprint density at radius 2 is 1.07 bits per heavy atom. The summed E-state index contributed by atoms with van der Waals surface area (Å²) in [6.07, 6.45) is 6.65. The van der Waals surface area contributed by atoms with E-state index in [-0.39, 0.29) is 15.0 Å². The Kier molecular flexibility index (Phi) is 43.1. The van der Waals surface area contributed by atoms with Crippen molar-refractivity contribution in [2.45, 2.75) is 52.4 Å². The van der Waals surface area contributed by atoms with Gasteiger partial charge in [-0.3, -0.25) is 0 Å². The minimum atomic E-state index is 0.125. The molecule has 0 aliphatic rings. The molecule has 0 aromatic carbocycles. The molecule has 15 heavy (non-hydrogen) atoms. The Bertz CT molecular complexity index is 62.4. The van der Waals surface area contributed by atoms with Crippen molar-refractivity contribution in [3.05, 3.63) is 0 Å². The molecule has 0 saturated heterocycles. The summed E-state index contributed by atoms with van der Waals surface area (Å²) in [6.45, 7) is 4.95. The SMILES string of the molecule is CCCCCO.CCCCCO.[Br][Ti][Br]. The number of unbranched alkanes of at least 4 members (excludes halogenated alkanes) is 4. The number of hydrogen-bond acceptors (Lipinski definition) is 2. The van der Waals surface area contributed by atoms with E-state index >= 15 is 0 Å². The van der Waals surface area contributed by atoms with Gasteiger partial charge in [0.05, 0.1) is 0 Å². The van der Waals surface area contributed by atoms with E-state index in [1.54, 1.807) is 0 Å². The fourth-order valence-electron chi connectivity index (χ4n) is 0.724. The van der Waals surface area contributed by atoms with Crippen molar-refractivity contribution in [2.24, 2.45) is 0 Å². The summed E-state index contributed by atoms with van der Waals surface area (Å²) in [5, 5.41) is 16.4. The van der Waals surface area contributed by atoms with Gasteiger partial charge >= 0.3 is 41.3 Å². The van der Waals surface area contributed by atoms with E-state index in [0.717, 1.165) is 25.7 Å². The molecular formula is C10H24Br2O2Ti. The van der Waals surface area contributed by atoms with Crippen LogP contribution in [0.1, 0.15) is 52.4 Å². The van der Waals surface area contributed by atoms with Crippen LogP contribution in [0.15, 0.2) is 0 Å². The van der Waals surface area contributed by atoms with Gasteiger partial charge in [-0.2, -0.15) is 0 Å². The summed E-state index contributed by atoms with van der Waals surface area (Å²) in [5.74, 6) is 0. The average molecular weight is 384 g/mol. The van der Waals surface area contributed by atoms with Gasteiger partial charge in [-0.1, -0.05) is 39.5 Å². The molecule has 2 nitrogen and oxygen atoms in total. The summed E-state index contributed by atoms with van der Waals surface area (Å²) in [5.41, 5.74) is 0. The Labute approximate surface area is 116 Å². The van der Waals surface area contributed by atoms with Gasteiger partial charge in [0.25, 0.3) is 0 Å². The van der Waals surface area contributed by atoms with Crippen LogP contribution >= 0.6 is 26.3 Å². The van der Waals surface area contributed by atoms with Crippen LogP contribution in [0, 0.1) is 0 Å². The molecule has 0 aliphatic carbocycles. The number of aliphatic hydroxyl groups excluding tert-OH is 2. The monoisotopic (exact) mass is 382 g/mol. The molecule has 0 aliphatic heterocycles. The van der Waals surface area contributed by atoms with E-state index in [1.165, 1.54) is 12.8 Å². The zero-order chi connectivity index (χ0) is 12.4. The second-order valence-corrected chi connectivity index (χ2v) is 10.8. The average Bonchev–Trinajstić information content (AvgIpc) is 2.25. The van der Waals surface area contributed by atoms with Gasteiger partial charge in [0, 0.05) is 13.2 Å². The van der Waals surface area contributed by atoms with Crippen LogP contribution in [0.4, 0.5) is 0 Å². The minimum absolute atomic E-state index is 0.125. The normalized spacial score (nSPS) is 8.13. The summed E-state index contributed by atoms with van der Waals surface area (Å²) < 4.78 is 0. The predicted molar refractivity (Wildman–Crippen MR) is 71.1 cm³/mol. The summed E-state index contributed by atoms with van der Waals surface area (Å²) >= 11 is 6.50. The molecule has 0 aromatic rings. The van der Waals surface area contributed by atoms with Gasteiger partial charge in [-0.15, -0.1) is 0 Å². The van der Waals surface area contributed by atoms with E-state index in [0.29, 0.717) is 13.2 Å². The Hall–Kier alpha value is 1.59. The van der Waals surface area contributed by atoms with Crippen molar-refractivity contribution in [3.63, 3.8) is 0 Å². The molecule has 94 valence electrons. The van der Waals surface area contributed by atoms with Crippen LogP contribution in [-0.2, 0) is 15.0 Å². The van der Waals surface area contributed by atoms with Crippen molar-refractivity contribution in [2.75, 3.05) is 13.2 Å². The fourth-order valence-corrected chi connectivity index (χ4v) is 0.724. The molecule has 0 atom stereocenters. The Morgan fingerprint density at radius 1 is 0.800 bits per heavy atom. The number of rotatable bonds is 6. The number of aliphatic hydroxyl groups is 2. The topological polar surface area (TPSA) is 40.5 Å². The molecule has 0 bridgehead atoms. The number of halogens is 2. The van der Waals surface area contributed by atoms with E-state index in [4.69, 9.17) is 10.2 Å². The summed E-state index contributed by atoms with van der Waals surface area (Å²) in [6, 6.07) is 0. The maximum atomic E-state index is 8.20. The summed E-state index contributed by atoms with van der Waals surface area (Å²) in [4.78, 5) is 0. The first-order valence-corrected chi connectivity index (χ1v) is 13.1. The quantitative estimate of drug-likeness (QED) is 0.537. The zero-order valence-electron chi connectivity index (χ0n) is 9.81. The molecule has 0 aromatic heterocycles. The van der Waals surface area contributed by atoms with Gasteiger partial charge in [-0.25, -0.2) is 0 Å². The second-order valence-electron chi connectivity index (χ2n) is 2.93. The van der Waals surface area contributed by atoms with Gasteiger partial charge in [0.2, 0.25) is 0 Å². The van der Waals surface area contributed by atoms with E-state index in [9.17, 15) is 0 Å². The van der Waals surface area contributed by atoms with E-state index < -0.39 is 0 Å². The molecule has 0 saturated carbocycles. The first kappa shape index (κ1) is 21.8. The molecular weight excluding hydrogens is 360 g/mol. The van der Waals surface area contributed by atoms with Crippen molar-refractivity contribution in [1.29, 1.82) is 0 Å². The van der Waals surface area contributed by atoms with Crippen LogP contribution in [0.25, 0.3) is 0 Å². The molecule has 0 rings (SSSR count). The fraction of sp³-hybridized carbons (Fsp3) is 1.00. The first-order valence-electron chi connectivity index (χ1n) is 5.42. The Morgan fingerprint density at radius 3 is 1.13 bits per heavy atom. The predicted octanol–water partition coefficient (Wildman–Crippen LogP) is 4.03. The van der Waals surface area contributed by atoms with Crippen LogP contribution in [0.2, 0.25) is 0 Å². The molecule has 2 N–H and O–H groups in total. The zero-order valence-corrected chi connectivity index (χ0v) is 14.5. The van der Waals surface area contributed by atoms with Crippen molar-refractivity contribution in [3.8, 4) is 0 Å². The third kappa shape index (κ3) is 50.0. The second kappa shape index (κ2) is 29.6. The molecule has 0 heterocycles. The molecule has 0 unspecified atom stereocenters. The van der Waals surface area contributed by atoms with Gasteiger partial charge in [0.15, 0.2) is 0 Å². The van der Waals surface area contributed by atoms with Crippen LogP contribution < -0.4 is 0 Å². The van der Waals surface area contributed by atoms with Crippen molar-refractivity contribution >= 4 is 26.3 Å². The standard InChI is InChI=1S/2C5H12O.2BrH.Ti/c2*1-2-3-4-5-6;;;/h2*6H,2-5H2,1H3;2*1H;/q;;;;+2/p-2. The Balaban J connectivity index is -0.000000153. The third-order valence-electron chi connectivity index (χ3n) is 1.52. The van der Waals surface area contributed by atoms with E-state index in [1.807, 2.05) is 0 Å². The number of hydrogen-bond donors (Lipinski definition) is 2. The van der Waals surface area contributed by atoms with Crippen LogP contribution in [0.5, 0.6) is 0 Å². The van der Waals surface area contributed by atoms with Crippen molar-refractivity contribution in [1.82, 2.24) is 0 Å². The third-order valence-corrected chi connectivity index (χ3v) is 1.52. The molecule has 0 fully saturated rings. The van der Waals surface area contributed by atoms with E-state index in [2.05, 4.69) is 40.2 Å². The van der Waals surface area contributed by atoms with Gasteiger partial charge in [-0.05, 0) is 12.8 Å². The molecule has 5 heteroatoms. The molecule has 0 amide bonds. The first-order chi connectivity index (χ1) is 7.24. The molecule has 0 radical (unpaired) electrons. The maximum absolute atomic E-state index is 8.20. The van der Waals surface area contributed by atoms with Gasteiger partial charge < -0.3 is 10.2 Å². The summed E-state index contributed by atoms with van der Waals surface area (Å²) in [7, 11) is 0. The van der Waals surface area contributed by atoms with Crippen LogP contribution in [-0.4, -0.2) is 23.4 Å². The van der Waals surface area contributed by atoms with Gasteiger partial charge in [0.1, 0.15) is 0 Å². The van der Waals surface area contributed by atoms with Crippen LogP contribution in [0.3, 0.4) is 0 Å². The molecule has 0 spiro atoms. The van der Waals surface area contributed by atoms with Crippen molar-refractivity contribution < 1.29 is 25.2 Å².